The molecule has 0 bridgehead atoms. The summed E-state index contributed by atoms with van der Waals surface area (Å²) in [5.41, 5.74) is 4.83. The molecule has 0 fully saturated rings. The molecule has 1 aliphatic heterocycles. The van der Waals surface area contributed by atoms with Crippen molar-refractivity contribution in [2.24, 2.45) is 0 Å². The zero-order valence-electron chi connectivity index (χ0n) is 15.3. The molecule has 0 radical (unpaired) electrons. The van der Waals surface area contributed by atoms with E-state index in [1.807, 2.05) is 6.20 Å². The van der Waals surface area contributed by atoms with E-state index in [1.165, 1.54) is 34.2 Å². The Morgan fingerprint density at radius 2 is 2.18 bits per heavy atom. The van der Waals surface area contributed by atoms with E-state index in [0.29, 0.717) is 18.0 Å². The van der Waals surface area contributed by atoms with Gasteiger partial charge in [-0.05, 0) is 36.6 Å². The van der Waals surface area contributed by atoms with Crippen molar-refractivity contribution < 1.29 is 9.72 Å². The number of rotatable bonds is 4. The van der Waals surface area contributed by atoms with Crippen LogP contribution in [0, 0.1) is 17.0 Å². The number of benzene rings is 1. The largest absolute Gasteiger partial charge is 0.360 e. The van der Waals surface area contributed by atoms with Gasteiger partial charge in [-0.25, -0.2) is 0 Å². The van der Waals surface area contributed by atoms with Crippen LogP contribution in [0.25, 0.3) is 22.6 Å². The number of thiophene rings is 1. The van der Waals surface area contributed by atoms with Crippen LogP contribution >= 0.6 is 11.3 Å². The number of aromatic nitrogens is 1. The van der Waals surface area contributed by atoms with E-state index in [-0.39, 0.29) is 10.9 Å². The summed E-state index contributed by atoms with van der Waals surface area (Å²) in [7, 11) is 0. The van der Waals surface area contributed by atoms with E-state index in [9.17, 15) is 14.9 Å². The molecule has 2 aromatic heterocycles. The fourth-order valence-corrected chi connectivity index (χ4v) is 4.20. The highest BCUT2D eigenvalue weighted by Gasteiger charge is 2.18. The zero-order chi connectivity index (χ0) is 19.7. The molecule has 3 aromatic rings. The van der Waals surface area contributed by atoms with Gasteiger partial charge in [0.05, 0.1) is 4.92 Å². The van der Waals surface area contributed by atoms with Gasteiger partial charge in [-0.15, -0.1) is 0 Å². The van der Waals surface area contributed by atoms with Crippen molar-refractivity contribution in [3.8, 4) is 0 Å². The highest BCUT2D eigenvalue weighted by molar-refractivity contribution is 7.16. The Morgan fingerprint density at radius 3 is 2.89 bits per heavy atom. The Bertz CT molecular complexity index is 1120. The maximum Gasteiger partial charge on any atom is 0.324 e. The second kappa shape index (κ2) is 7.44. The molecule has 0 spiro atoms. The van der Waals surface area contributed by atoms with Crippen molar-refractivity contribution in [2.45, 2.75) is 13.3 Å². The highest BCUT2D eigenvalue weighted by atomic mass is 32.1. The first-order chi connectivity index (χ1) is 13.5. The molecule has 6 nitrogen and oxygen atoms in total. The predicted molar refractivity (Wildman–Crippen MR) is 112 cm³/mol. The van der Waals surface area contributed by atoms with Crippen molar-refractivity contribution in [3.05, 3.63) is 74.8 Å². The number of hydrogen-bond acceptors (Lipinski definition) is 4. The van der Waals surface area contributed by atoms with Gasteiger partial charge in [0.15, 0.2) is 0 Å². The summed E-state index contributed by atoms with van der Waals surface area (Å²) >= 11 is 1.06. The summed E-state index contributed by atoms with van der Waals surface area (Å²) in [4.78, 5) is 28.6. The number of aromatic amines is 1. The van der Waals surface area contributed by atoms with Gasteiger partial charge in [0.2, 0.25) is 5.91 Å². The Labute approximate surface area is 165 Å². The lowest BCUT2D eigenvalue weighted by Gasteiger charge is -2.25. The smallest absolute Gasteiger partial charge is 0.324 e. The topological polar surface area (TPSA) is 79.2 Å². The number of aryl methyl sites for hydroxylation is 1. The number of nitrogens with one attached hydrogen (secondary N) is 1. The molecular formula is C21H19N3O3S. The Balaban J connectivity index is 1.45. The first kappa shape index (κ1) is 18.2. The monoisotopic (exact) mass is 393 g/mol. The van der Waals surface area contributed by atoms with E-state index in [4.69, 9.17) is 0 Å². The van der Waals surface area contributed by atoms with Gasteiger partial charge in [0.1, 0.15) is 0 Å². The molecule has 1 amide bonds. The molecule has 3 heterocycles. The van der Waals surface area contributed by atoms with Crippen LogP contribution in [0.4, 0.5) is 5.00 Å². The molecule has 7 heteroatoms. The Morgan fingerprint density at radius 1 is 1.32 bits per heavy atom. The molecule has 1 aromatic carbocycles. The van der Waals surface area contributed by atoms with Gasteiger partial charge in [-0.3, -0.25) is 14.9 Å². The molecule has 1 aliphatic rings. The molecule has 0 saturated carbocycles. The summed E-state index contributed by atoms with van der Waals surface area (Å²) in [6.45, 7) is 3.30. The van der Waals surface area contributed by atoms with Crippen molar-refractivity contribution >= 4 is 44.8 Å². The molecule has 28 heavy (non-hydrogen) atoms. The average molecular weight is 393 g/mol. The zero-order valence-corrected chi connectivity index (χ0v) is 16.2. The number of para-hydroxylation sites is 1. The number of nitrogens with zero attached hydrogens (tertiary/aromatic N) is 2. The standard InChI is InChI=1S/C21H19N3O3S/c1-14-3-2-4-17-18(13-22-21(14)17)15-9-11-23(12-10-15)19(25)7-5-16-6-8-20(28-16)24(26)27/h2-9,13,22H,10-12H2,1H3/b7-5+. The maximum absolute atomic E-state index is 12.4. The lowest BCUT2D eigenvalue weighted by Crippen LogP contribution is -2.33. The molecule has 0 saturated heterocycles. The minimum atomic E-state index is -0.424. The Kier molecular flexibility index (Phi) is 4.83. The number of H-pyrrole nitrogens is 1. The molecule has 4 rings (SSSR count). The highest BCUT2D eigenvalue weighted by Crippen LogP contribution is 2.30. The quantitative estimate of drug-likeness (QED) is 0.394. The van der Waals surface area contributed by atoms with Crippen LogP contribution in [0.3, 0.4) is 0 Å². The van der Waals surface area contributed by atoms with Crippen LogP contribution in [0.2, 0.25) is 0 Å². The summed E-state index contributed by atoms with van der Waals surface area (Å²) in [6.07, 6.45) is 8.08. The predicted octanol–water partition coefficient (Wildman–Crippen LogP) is 4.78. The van der Waals surface area contributed by atoms with Gasteiger partial charge >= 0.3 is 5.00 Å². The lowest BCUT2D eigenvalue weighted by molar-refractivity contribution is -0.380. The minimum absolute atomic E-state index is 0.0756. The van der Waals surface area contributed by atoms with Crippen LogP contribution in [-0.2, 0) is 4.79 Å². The maximum atomic E-state index is 12.4. The van der Waals surface area contributed by atoms with Crippen LogP contribution in [0.5, 0.6) is 0 Å². The number of hydrogen-bond donors (Lipinski definition) is 1. The van der Waals surface area contributed by atoms with Gasteiger partial charge in [-0.1, -0.05) is 35.6 Å². The van der Waals surface area contributed by atoms with E-state index >= 15 is 0 Å². The molecule has 1 N–H and O–H groups in total. The number of fused-ring (bicyclic) bond motifs is 1. The third kappa shape index (κ3) is 3.48. The van der Waals surface area contributed by atoms with Crippen molar-refractivity contribution in [3.63, 3.8) is 0 Å². The number of amides is 1. The third-order valence-electron chi connectivity index (χ3n) is 4.97. The van der Waals surface area contributed by atoms with Gasteiger partial charge in [0.25, 0.3) is 0 Å². The molecule has 0 unspecified atom stereocenters. The van der Waals surface area contributed by atoms with Gasteiger partial charge in [0, 0.05) is 52.8 Å². The van der Waals surface area contributed by atoms with Crippen LogP contribution in [0.1, 0.15) is 22.4 Å². The third-order valence-corrected chi connectivity index (χ3v) is 5.98. The summed E-state index contributed by atoms with van der Waals surface area (Å²) in [6, 6.07) is 9.38. The summed E-state index contributed by atoms with van der Waals surface area (Å²) in [5, 5.41) is 12.0. The van der Waals surface area contributed by atoms with Gasteiger partial charge in [-0.2, -0.15) is 0 Å². The van der Waals surface area contributed by atoms with Crippen molar-refractivity contribution in [2.75, 3.05) is 13.1 Å². The van der Waals surface area contributed by atoms with Crippen LogP contribution in [-0.4, -0.2) is 33.8 Å². The van der Waals surface area contributed by atoms with E-state index in [0.717, 1.165) is 23.3 Å². The number of carbonyl (C=O) groups excluding carboxylic acids is 1. The summed E-state index contributed by atoms with van der Waals surface area (Å²) < 4.78 is 0. The fourth-order valence-electron chi connectivity index (χ4n) is 3.47. The van der Waals surface area contributed by atoms with Crippen molar-refractivity contribution in [1.29, 1.82) is 0 Å². The number of carbonyl (C=O) groups is 1. The molecule has 0 aliphatic carbocycles. The van der Waals surface area contributed by atoms with E-state index in [1.54, 1.807) is 17.0 Å². The minimum Gasteiger partial charge on any atom is -0.360 e. The van der Waals surface area contributed by atoms with Crippen LogP contribution in [0.15, 0.2) is 48.7 Å². The van der Waals surface area contributed by atoms with E-state index < -0.39 is 4.92 Å². The normalized spacial score (nSPS) is 14.6. The molecule has 142 valence electrons. The van der Waals surface area contributed by atoms with E-state index in [2.05, 4.69) is 36.2 Å². The Hall–Kier alpha value is -3.19. The first-order valence-electron chi connectivity index (χ1n) is 9.00. The fraction of sp³-hybridized carbons (Fsp3) is 0.190. The van der Waals surface area contributed by atoms with Gasteiger partial charge < -0.3 is 9.88 Å². The number of nitro groups is 1. The lowest BCUT2D eigenvalue weighted by atomic mass is 9.98. The SMILES string of the molecule is Cc1cccc2c(C3=CCN(C(=O)/C=C/c4ccc([N+](=O)[O-])s4)CC3)c[nH]c12. The molecule has 0 atom stereocenters. The van der Waals surface area contributed by atoms with Crippen molar-refractivity contribution in [1.82, 2.24) is 9.88 Å². The second-order valence-electron chi connectivity index (χ2n) is 6.73. The molecular weight excluding hydrogens is 374 g/mol. The first-order valence-corrected chi connectivity index (χ1v) is 9.82. The average Bonchev–Trinajstić information content (AvgIpc) is 3.34. The summed E-state index contributed by atoms with van der Waals surface area (Å²) in [5.74, 6) is -0.0823. The second-order valence-corrected chi connectivity index (χ2v) is 7.82. The van der Waals surface area contributed by atoms with Crippen LogP contribution < -0.4 is 0 Å².